The van der Waals surface area contributed by atoms with E-state index in [1.54, 1.807) is 0 Å². The summed E-state index contributed by atoms with van der Waals surface area (Å²) in [5.74, 6) is -0.219. The van der Waals surface area contributed by atoms with Crippen LogP contribution in [0.5, 0.6) is 0 Å². The molecule has 0 aromatic heterocycles. The molecular formula is C12H22N4O2. The fourth-order valence-corrected chi connectivity index (χ4v) is 3.16. The molecule has 2 atom stereocenters. The fraction of sp³-hybridized carbons (Fsp3) is 0.833. The van der Waals surface area contributed by atoms with E-state index in [0.29, 0.717) is 24.5 Å². The van der Waals surface area contributed by atoms with Gasteiger partial charge >= 0.3 is 6.03 Å². The van der Waals surface area contributed by atoms with Gasteiger partial charge in [-0.05, 0) is 25.7 Å². The zero-order chi connectivity index (χ0) is 13.1. The lowest BCUT2D eigenvalue weighted by molar-refractivity contribution is -0.120. The number of nitrogens with two attached hydrogens (primary N) is 1. The van der Waals surface area contributed by atoms with Crippen molar-refractivity contribution in [3.63, 3.8) is 0 Å². The van der Waals surface area contributed by atoms with Crippen molar-refractivity contribution in [3.8, 4) is 0 Å². The molecule has 2 bridgehead atoms. The van der Waals surface area contributed by atoms with E-state index in [1.165, 1.54) is 19.9 Å². The largest absolute Gasteiger partial charge is 0.341 e. The minimum atomic E-state index is -0.441. The maximum atomic E-state index is 11.5. The Kier molecular flexibility index (Phi) is 4.19. The lowest BCUT2D eigenvalue weighted by Gasteiger charge is -2.37. The second-order valence-electron chi connectivity index (χ2n) is 5.23. The second kappa shape index (κ2) is 5.67. The van der Waals surface area contributed by atoms with Crippen molar-refractivity contribution in [1.82, 2.24) is 15.5 Å². The highest BCUT2D eigenvalue weighted by Crippen LogP contribution is 2.34. The van der Waals surface area contributed by atoms with Gasteiger partial charge in [-0.2, -0.15) is 0 Å². The Morgan fingerprint density at radius 2 is 1.89 bits per heavy atom. The molecule has 3 amide bonds. The Morgan fingerprint density at radius 3 is 2.44 bits per heavy atom. The summed E-state index contributed by atoms with van der Waals surface area (Å²) in [4.78, 5) is 24.9. The highest BCUT2D eigenvalue weighted by atomic mass is 16.2. The average molecular weight is 254 g/mol. The van der Waals surface area contributed by atoms with E-state index in [-0.39, 0.29) is 5.91 Å². The van der Waals surface area contributed by atoms with Crippen LogP contribution in [0.2, 0.25) is 0 Å². The summed E-state index contributed by atoms with van der Waals surface area (Å²) >= 11 is 0. The number of imide groups is 1. The summed E-state index contributed by atoms with van der Waals surface area (Å²) in [7, 11) is 1.49. The summed E-state index contributed by atoms with van der Waals surface area (Å²) in [6, 6.07) is 0.945. The molecule has 2 unspecified atom stereocenters. The van der Waals surface area contributed by atoms with Gasteiger partial charge < -0.3 is 11.1 Å². The molecule has 2 heterocycles. The van der Waals surface area contributed by atoms with Crippen LogP contribution < -0.4 is 16.4 Å². The Bertz CT molecular complexity index is 320. The molecule has 2 aliphatic heterocycles. The fourth-order valence-electron chi connectivity index (χ4n) is 3.16. The zero-order valence-corrected chi connectivity index (χ0v) is 10.8. The van der Waals surface area contributed by atoms with Gasteiger partial charge in [0.2, 0.25) is 5.91 Å². The lowest BCUT2D eigenvalue weighted by atomic mass is 9.98. The molecule has 0 saturated carbocycles. The van der Waals surface area contributed by atoms with E-state index in [4.69, 9.17) is 5.73 Å². The van der Waals surface area contributed by atoms with Crippen LogP contribution in [-0.4, -0.2) is 48.6 Å². The van der Waals surface area contributed by atoms with Gasteiger partial charge in [-0.3, -0.25) is 15.0 Å². The number of carbonyl (C=O) groups is 2. The normalized spacial score (nSPS) is 31.1. The van der Waals surface area contributed by atoms with E-state index in [1.807, 2.05) is 0 Å². The molecule has 18 heavy (non-hydrogen) atoms. The molecule has 6 heteroatoms. The third-order valence-electron chi connectivity index (χ3n) is 4.00. The summed E-state index contributed by atoms with van der Waals surface area (Å²) in [6.45, 7) is 0.727. The molecule has 102 valence electrons. The van der Waals surface area contributed by atoms with Crippen LogP contribution >= 0.6 is 0 Å². The predicted molar refractivity (Wildman–Crippen MR) is 67.9 cm³/mol. The van der Waals surface area contributed by atoms with Crippen molar-refractivity contribution in [3.05, 3.63) is 0 Å². The number of urea groups is 1. The van der Waals surface area contributed by atoms with Crippen LogP contribution in [0.15, 0.2) is 0 Å². The summed E-state index contributed by atoms with van der Waals surface area (Å²) in [5.41, 5.74) is 6.00. The Morgan fingerprint density at radius 1 is 1.28 bits per heavy atom. The van der Waals surface area contributed by atoms with Crippen molar-refractivity contribution >= 4 is 11.9 Å². The van der Waals surface area contributed by atoms with Crippen molar-refractivity contribution in [1.29, 1.82) is 0 Å². The summed E-state index contributed by atoms with van der Waals surface area (Å²) < 4.78 is 0. The first kappa shape index (κ1) is 13.3. The van der Waals surface area contributed by atoms with Crippen LogP contribution in [0.25, 0.3) is 0 Å². The number of rotatable bonds is 3. The second-order valence-corrected chi connectivity index (χ2v) is 5.23. The molecule has 2 fully saturated rings. The Hall–Kier alpha value is -1.14. The number of amides is 3. The van der Waals surface area contributed by atoms with Gasteiger partial charge in [-0.15, -0.1) is 0 Å². The highest BCUT2D eigenvalue weighted by molar-refractivity contribution is 5.94. The molecular weight excluding hydrogens is 232 g/mol. The number of hydrogen-bond donors (Lipinski definition) is 3. The number of piperidine rings is 1. The average Bonchev–Trinajstić information content (AvgIpc) is 2.57. The van der Waals surface area contributed by atoms with Gasteiger partial charge in [0, 0.05) is 38.1 Å². The quantitative estimate of drug-likeness (QED) is 0.650. The minimum Gasteiger partial charge on any atom is -0.341 e. The van der Waals surface area contributed by atoms with Gasteiger partial charge in [-0.25, -0.2) is 4.79 Å². The van der Waals surface area contributed by atoms with Gasteiger partial charge in [0.25, 0.3) is 0 Å². The molecule has 0 aromatic carbocycles. The van der Waals surface area contributed by atoms with Gasteiger partial charge in [0.1, 0.15) is 0 Å². The number of nitrogens with one attached hydrogen (secondary N) is 2. The summed E-state index contributed by atoms with van der Waals surface area (Å²) in [6.07, 6.45) is 4.82. The third kappa shape index (κ3) is 3.00. The van der Waals surface area contributed by atoms with E-state index in [0.717, 1.165) is 19.4 Å². The molecule has 0 aliphatic carbocycles. The van der Waals surface area contributed by atoms with Gasteiger partial charge in [0.05, 0.1) is 0 Å². The first-order valence-electron chi connectivity index (χ1n) is 6.63. The van der Waals surface area contributed by atoms with Crippen LogP contribution in [0.3, 0.4) is 0 Å². The number of carbonyl (C=O) groups excluding carboxylic acids is 2. The molecule has 2 aliphatic rings. The molecule has 2 rings (SSSR count). The smallest absolute Gasteiger partial charge is 0.321 e. The first-order chi connectivity index (χ1) is 8.60. The van der Waals surface area contributed by atoms with Crippen LogP contribution in [-0.2, 0) is 4.79 Å². The monoisotopic (exact) mass is 254 g/mol. The Balaban J connectivity index is 1.77. The SMILES string of the molecule is CNC(=O)NC(=O)CCN1C2CCC1CC(N)C2. The van der Waals surface area contributed by atoms with Crippen molar-refractivity contribution < 1.29 is 9.59 Å². The van der Waals surface area contributed by atoms with E-state index >= 15 is 0 Å². The summed E-state index contributed by atoms with van der Waals surface area (Å²) in [5, 5.41) is 4.66. The first-order valence-corrected chi connectivity index (χ1v) is 6.63. The maximum Gasteiger partial charge on any atom is 0.321 e. The molecule has 0 aromatic rings. The van der Waals surface area contributed by atoms with E-state index in [2.05, 4.69) is 15.5 Å². The minimum absolute atomic E-state index is 0.219. The standard InChI is InChI=1S/C12H22N4O2/c1-14-12(18)15-11(17)4-5-16-9-2-3-10(16)7-8(13)6-9/h8-10H,2-7,13H2,1H3,(H2,14,15,17,18). The van der Waals surface area contributed by atoms with Crippen LogP contribution in [0.4, 0.5) is 4.79 Å². The van der Waals surface area contributed by atoms with Crippen molar-refractivity contribution in [2.45, 2.75) is 50.2 Å². The van der Waals surface area contributed by atoms with Crippen LogP contribution in [0, 0.1) is 0 Å². The van der Waals surface area contributed by atoms with E-state index < -0.39 is 6.03 Å². The van der Waals surface area contributed by atoms with Crippen molar-refractivity contribution in [2.75, 3.05) is 13.6 Å². The number of hydrogen-bond acceptors (Lipinski definition) is 4. The van der Waals surface area contributed by atoms with Gasteiger partial charge in [-0.1, -0.05) is 0 Å². The molecule has 0 spiro atoms. The molecule has 4 N–H and O–H groups in total. The third-order valence-corrected chi connectivity index (χ3v) is 4.00. The number of fused-ring (bicyclic) bond motifs is 2. The lowest BCUT2D eigenvalue weighted by Crippen LogP contribution is -2.48. The van der Waals surface area contributed by atoms with Crippen molar-refractivity contribution in [2.24, 2.45) is 5.73 Å². The number of nitrogens with zero attached hydrogens (tertiary/aromatic N) is 1. The molecule has 2 saturated heterocycles. The molecule has 6 nitrogen and oxygen atoms in total. The van der Waals surface area contributed by atoms with Gasteiger partial charge in [0.15, 0.2) is 0 Å². The molecule has 0 radical (unpaired) electrons. The maximum absolute atomic E-state index is 11.5. The van der Waals surface area contributed by atoms with E-state index in [9.17, 15) is 9.59 Å². The topological polar surface area (TPSA) is 87.5 Å². The van der Waals surface area contributed by atoms with Crippen LogP contribution in [0.1, 0.15) is 32.1 Å². The highest BCUT2D eigenvalue weighted by Gasteiger charge is 2.39. The zero-order valence-electron chi connectivity index (χ0n) is 10.8. The predicted octanol–water partition coefficient (Wildman–Crippen LogP) is -0.214. The Labute approximate surface area is 107 Å².